The Morgan fingerprint density at radius 2 is 2.33 bits per heavy atom. The lowest BCUT2D eigenvalue weighted by atomic mass is 10.0. The fraction of sp³-hybridized carbons (Fsp3) is 0.400. The van der Waals surface area contributed by atoms with Gasteiger partial charge in [-0.2, -0.15) is 0 Å². The van der Waals surface area contributed by atoms with Crippen molar-refractivity contribution in [1.82, 2.24) is 0 Å². The van der Waals surface area contributed by atoms with Gasteiger partial charge in [-0.3, -0.25) is 0 Å². The summed E-state index contributed by atoms with van der Waals surface area (Å²) in [7, 11) is 1.96. The van der Waals surface area contributed by atoms with Crippen LogP contribution in [0, 0.1) is 0 Å². The molecular weight excluding hydrogens is 148 g/mol. The van der Waals surface area contributed by atoms with E-state index in [-0.39, 0.29) is 0 Å². The number of para-hydroxylation sites is 1. The van der Waals surface area contributed by atoms with Gasteiger partial charge in [0.05, 0.1) is 11.4 Å². The molecule has 2 N–H and O–H groups in total. The summed E-state index contributed by atoms with van der Waals surface area (Å²) in [6.45, 7) is 1.10. The monoisotopic (exact) mass is 162 g/mol. The molecule has 0 atom stereocenters. The maximum absolute atomic E-state index is 3.42. The zero-order valence-corrected chi connectivity index (χ0v) is 7.35. The highest BCUT2D eigenvalue weighted by Crippen LogP contribution is 2.29. The van der Waals surface area contributed by atoms with Gasteiger partial charge in [-0.1, -0.05) is 12.1 Å². The number of hydrogen-bond acceptors (Lipinski definition) is 2. The number of anilines is 2. The topological polar surface area (TPSA) is 24.1 Å². The third kappa shape index (κ3) is 1.13. The first kappa shape index (κ1) is 7.47. The van der Waals surface area contributed by atoms with Crippen LogP contribution in [0.3, 0.4) is 0 Å². The average Bonchev–Trinajstić information content (AvgIpc) is 2.17. The van der Waals surface area contributed by atoms with E-state index in [9.17, 15) is 0 Å². The maximum atomic E-state index is 3.42. The summed E-state index contributed by atoms with van der Waals surface area (Å²) in [5.74, 6) is 0. The van der Waals surface area contributed by atoms with Crippen molar-refractivity contribution in [3.8, 4) is 0 Å². The highest BCUT2D eigenvalue weighted by atomic mass is 14.9. The molecule has 0 unspecified atom stereocenters. The molecule has 64 valence electrons. The largest absolute Gasteiger partial charge is 0.386 e. The predicted molar refractivity (Wildman–Crippen MR) is 52.8 cm³/mol. The molecule has 0 saturated heterocycles. The second-order valence-electron chi connectivity index (χ2n) is 3.12. The van der Waals surface area contributed by atoms with Gasteiger partial charge in [-0.05, 0) is 24.5 Å². The van der Waals surface area contributed by atoms with Crippen molar-refractivity contribution in [1.29, 1.82) is 0 Å². The first-order valence-electron chi connectivity index (χ1n) is 4.45. The Morgan fingerprint density at radius 1 is 1.42 bits per heavy atom. The van der Waals surface area contributed by atoms with Crippen LogP contribution in [-0.4, -0.2) is 13.6 Å². The van der Waals surface area contributed by atoms with Crippen LogP contribution < -0.4 is 10.6 Å². The molecule has 1 aliphatic heterocycles. The first-order chi connectivity index (χ1) is 5.92. The molecule has 0 aliphatic carbocycles. The smallest absolute Gasteiger partial charge is 0.0608 e. The quantitative estimate of drug-likeness (QED) is 0.660. The molecule has 1 aromatic rings. The Bertz CT molecular complexity index is 267. The Kier molecular flexibility index (Phi) is 1.90. The summed E-state index contributed by atoms with van der Waals surface area (Å²) in [5.41, 5.74) is 3.95. The second-order valence-corrected chi connectivity index (χ2v) is 3.12. The van der Waals surface area contributed by atoms with E-state index in [1.807, 2.05) is 7.05 Å². The van der Waals surface area contributed by atoms with Gasteiger partial charge >= 0.3 is 0 Å². The van der Waals surface area contributed by atoms with E-state index < -0.39 is 0 Å². The number of nitrogens with one attached hydrogen (secondary N) is 2. The zero-order valence-electron chi connectivity index (χ0n) is 7.35. The molecular formula is C10H14N2. The summed E-state index contributed by atoms with van der Waals surface area (Å²) in [5, 5.41) is 6.61. The van der Waals surface area contributed by atoms with Crippen LogP contribution in [0.2, 0.25) is 0 Å². The van der Waals surface area contributed by atoms with E-state index in [0.717, 1.165) is 6.54 Å². The molecule has 12 heavy (non-hydrogen) atoms. The third-order valence-electron chi connectivity index (χ3n) is 2.34. The van der Waals surface area contributed by atoms with Crippen LogP contribution in [0.15, 0.2) is 18.2 Å². The summed E-state index contributed by atoms with van der Waals surface area (Å²) < 4.78 is 0. The molecule has 1 heterocycles. The minimum atomic E-state index is 1.10. The van der Waals surface area contributed by atoms with Crippen molar-refractivity contribution < 1.29 is 0 Å². The summed E-state index contributed by atoms with van der Waals surface area (Å²) in [6.07, 6.45) is 2.46. The van der Waals surface area contributed by atoms with Crippen LogP contribution in [0.1, 0.15) is 12.0 Å². The van der Waals surface area contributed by atoms with Crippen molar-refractivity contribution in [2.24, 2.45) is 0 Å². The lowest BCUT2D eigenvalue weighted by Gasteiger charge is -2.20. The summed E-state index contributed by atoms with van der Waals surface area (Å²) in [4.78, 5) is 0. The van der Waals surface area contributed by atoms with E-state index in [1.54, 1.807) is 0 Å². The van der Waals surface area contributed by atoms with Crippen molar-refractivity contribution in [3.05, 3.63) is 23.8 Å². The highest BCUT2D eigenvalue weighted by molar-refractivity contribution is 5.73. The van der Waals surface area contributed by atoms with Crippen molar-refractivity contribution in [3.63, 3.8) is 0 Å². The van der Waals surface area contributed by atoms with Crippen molar-refractivity contribution in [2.75, 3.05) is 24.2 Å². The molecule has 2 rings (SSSR count). The molecule has 0 radical (unpaired) electrons. The van der Waals surface area contributed by atoms with Crippen LogP contribution in [-0.2, 0) is 6.42 Å². The minimum absolute atomic E-state index is 1.10. The van der Waals surface area contributed by atoms with Crippen LogP contribution >= 0.6 is 0 Å². The Labute approximate surface area is 73.0 Å². The molecule has 1 aliphatic rings. The van der Waals surface area contributed by atoms with Gasteiger partial charge < -0.3 is 10.6 Å². The van der Waals surface area contributed by atoms with E-state index in [1.165, 1.54) is 29.8 Å². The van der Waals surface area contributed by atoms with Gasteiger partial charge in [-0.25, -0.2) is 0 Å². The first-order valence-corrected chi connectivity index (χ1v) is 4.45. The van der Waals surface area contributed by atoms with Crippen LogP contribution in [0.4, 0.5) is 11.4 Å². The second kappa shape index (κ2) is 3.05. The number of aryl methyl sites for hydroxylation is 1. The van der Waals surface area contributed by atoms with Gasteiger partial charge in [0, 0.05) is 13.6 Å². The molecule has 0 aromatic heterocycles. The van der Waals surface area contributed by atoms with E-state index in [0.29, 0.717) is 0 Å². The van der Waals surface area contributed by atoms with Crippen molar-refractivity contribution in [2.45, 2.75) is 12.8 Å². The molecule has 0 saturated carbocycles. The molecule has 2 heteroatoms. The molecule has 0 fully saturated rings. The summed E-state index contributed by atoms with van der Waals surface area (Å²) in [6, 6.07) is 6.41. The van der Waals surface area contributed by atoms with E-state index >= 15 is 0 Å². The molecule has 0 bridgehead atoms. The van der Waals surface area contributed by atoms with Gasteiger partial charge in [0.15, 0.2) is 0 Å². The fourth-order valence-electron chi connectivity index (χ4n) is 1.72. The fourth-order valence-corrected chi connectivity index (χ4v) is 1.72. The maximum Gasteiger partial charge on any atom is 0.0608 e. The number of rotatable bonds is 1. The van der Waals surface area contributed by atoms with Gasteiger partial charge in [-0.15, -0.1) is 0 Å². The Morgan fingerprint density at radius 3 is 3.17 bits per heavy atom. The number of benzene rings is 1. The number of fused-ring (bicyclic) bond motifs is 1. The van der Waals surface area contributed by atoms with Gasteiger partial charge in [0.25, 0.3) is 0 Å². The highest BCUT2D eigenvalue weighted by Gasteiger charge is 2.10. The SMILES string of the molecule is CNc1cccc2c1NCCC2. The molecule has 2 nitrogen and oxygen atoms in total. The predicted octanol–water partition coefficient (Wildman–Crippen LogP) is 2.09. The molecule has 0 amide bonds. The summed E-state index contributed by atoms with van der Waals surface area (Å²) >= 11 is 0. The minimum Gasteiger partial charge on any atom is -0.386 e. The zero-order chi connectivity index (χ0) is 8.39. The van der Waals surface area contributed by atoms with Gasteiger partial charge in [0.2, 0.25) is 0 Å². The van der Waals surface area contributed by atoms with Crippen LogP contribution in [0.25, 0.3) is 0 Å². The third-order valence-corrected chi connectivity index (χ3v) is 2.34. The lowest BCUT2D eigenvalue weighted by Crippen LogP contribution is -2.13. The standard InChI is InChI=1S/C10H14N2/c1-11-9-6-2-4-8-5-3-7-12-10(8)9/h2,4,6,11-12H,3,5,7H2,1H3. The normalized spacial score (nSPS) is 14.8. The van der Waals surface area contributed by atoms with Gasteiger partial charge in [0.1, 0.15) is 0 Å². The van der Waals surface area contributed by atoms with Crippen LogP contribution in [0.5, 0.6) is 0 Å². The Balaban J connectivity index is 2.44. The number of hydrogen-bond donors (Lipinski definition) is 2. The lowest BCUT2D eigenvalue weighted by molar-refractivity contribution is 0.831. The van der Waals surface area contributed by atoms with E-state index in [2.05, 4.69) is 28.8 Å². The molecule has 1 aromatic carbocycles. The average molecular weight is 162 g/mol. The Hall–Kier alpha value is -1.18. The van der Waals surface area contributed by atoms with E-state index in [4.69, 9.17) is 0 Å². The van der Waals surface area contributed by atoms with Crippen molar-refractivity contribution >= 4 is 11.4 Å². The molecule has 0 spiro atoms.